The van der Waals surface area contributed by atoms with Crippen LogP contribution < -0.4 is 15.5 Å². The highest BCUT2D eigenvalue weighted by Crippen LogP contribution is 2.23. The highest BCUT2D eigenvalue weighted by Gasteiger charge is 2.30. The highest BCUT2D eigenvalue weighted by atomic mass is 35.5. The van der Waals surface area contributed by atoms with Crippen molar-refractivity contribution in [2.24, 2.45) is 10.2 Å². The van der Waals surface area contributed by atoms with E-state index in [0.717, 1.165) is 23.0 Å². The molecule has 1 fully saturated rings. The number of benzene rings is 2. The zero-order valence-electron chi connectivity index (χ0n) is 18.0. The Hall–Kier alpha value is -3.10. The molecule has 1 aliphatic heterocycles. The van der Waals surface area contributed by atoms with E-state index in [2.05, 4.69) is 20.8 Å². The third kappa shape index (κ3) is 6.96. The molecule has 2 aromatic rings. The minimum Gasteiger partial charge on any atom is -0.378 e. The Bertz CT molecular complexity index is 1080. The van der Waals surface area contributed by atoms with Gasteiger partial charge < -0.3 is 15.5 Å². The summed E-state index contributed by atoms with van der Waals surface area (Å²) in [6, 6.07) is 15.0. The summed E-state index contributed by atoms with van der Waals surface area (Å²) >= 11 is 7.12. The molecular formula is C23H24ClN5O2S. The van der Waals surface area contributed by atoms with Gasteiger partial charge in [0.2, 0.25) is 11.8 Å². The molecule has 3 rings (SSSR count). The SMILES string of the molecule is CC(/C=C/c1ccc(N(C)C)cc1)=N/N=C1/NC(=O)C[C@@H](C(=O)Nc2cccc(Cl)c2)S1. The molecule has 0 radical (unpaired) electrons. The van der Waals surface area contributed by atoms with Gasteiger partial charge in [-0.05, 0) is 48.9 Å². The largest absolute Gasteiger partial charge is 0.378 e. The Morgan fingerprint density at radius 1 is 1.25 bits per heavy atom. The van der Waals surface area contributed by atoms with Gasteiger partial charge in [0.15, 0.2) is 5.17 Å². The first-order chi connectivity index (χ1) is 15.3. The molecule has 2 aromatic carbocycles. The van der Waals surface area contributed by atoms with Crippen molar-refractivity contribution >= 4 is 63.5 Å². The minimum atomic E-state index is -0.609. The van der Waals surface area contributed by atoms with E-state index in [1.165, 1.54) is 0 Å². The van der Waals surface area contributed by atoms with Gasteiger partial charge >= 0.3 is 0 Å². The van der Waals surface area contributed by atoms with E-state index in [9.17, 15) is 9.59 Å². The number of carbonyl (C=O) groups is 2. The summed E-state index contributed by atoms with van der Waals surface area (Å²) in [5.74, 6) is -0.570. The lowest BCUT2D eigenvalue weighted by atomic mass is 10.2. The van der Waals surface area contributed by atoms with Crippen LogP contribution in [0.3, 0.4) is 0 Å². The van der Waals surface area contributed by atoms with Gasteiger partial charge in [-0.2, -0.15) is 5.10 Å². The topological polar surface area (TPSA) is 86.2 Å². The molecule has 7 nitrogen and oxygen atoms in total. The van der Waals surface area contributed by atoms with Crippen LogP contribution in [0.2, 0.25) is 5.02 Å². The van der Waals surface area contributed by atoms with Crippen LogP contribution in [-0.4, -0.2) is 42.0 Å². The fraction of sp³-hybridized carbons (Fsp3) is 0.217. The fourth-order valence-corrected chi connectivity index (χ4v) is 3.91. The van der Waals surface area contributed by atoms with Crippen LogP contribution in [0.15, 0.2) is 64.8 Å². The molecule has 1 atom stereocenters. The van der Waals surface area contributed by atoms with Gasteiger partial charge in [-0.1, -0.05) is 47.6 Å². The number of nitrogens with one attached hydrogen (secondary N) is 2. The Balaban J connectivity index is 1.63. The van der Waals surface area contributed by atoms with Crippen LogP contribution >= 0.6 is 23.4 Å². The molecule has 166 valence electrons. The molecule has 2 amide bonds. The quantitative estimate of drug-likeness (QED) is 0.484. The van der Waals surface area contributed by atoms with Crippen molar-refractivity contribution in [3.63, 3.8) is 0 Å². The molecule has 1 heterocycles. The zero-order valence-corrected chi connectivity index (χ0v) is 19.6. The maximum atomic E-state index is 12.6. The second kappa shape index (κ2) is 11.0. The zero-order chi connectivity index (χ0) is 23.1. The summed E-state index contributed by atoms with van der Waals surface area (Å²) in [7, 11) is 3.99. The van der Waals surface area contributed by atoms with Gasteiger partial charge in [0.1, 0.15) is 5.25 Å². The van der Waals surface area contributed by atoms with Crippen molar-refractivity contribution in [1.82, 2.24) is 5.32 Å². The van der Waals surface area contributed by atoms with E-state index in [-0.39, 0.29) is 23.4 Å². The standard InChI is InChI=1S/C23H24ClN5O2S/c1-15(7-8-16-9-11-19(12-10-16)29(2)3)27-28-23-26-21(30)14-20(32-23)22(31)25-18-6-4-5-17(24)13-18/h4-13,20H,14H2,1-3H3,(H,25,31)(H,26,28,30)/b8-7+,27-15-/t20-/m0/s1. The summed E-state index contributed by atoms with van der Waals surface area (Å²) in [5.41, 5.74) is 3.40. The summed E-state index contributed by atoms with van der Waals surface area (Å²) in [6.45, 7) is 1.81. The Labute approximate surface area is 196 Å². The number of anilines is 2. The van der Waals surface area contributed by atoms with Gasteiger partial charge in [-0.25, -0.2) is 0 Å². The number of nitrogens with zero attached hydrogens (tertiary/aromatic N) is 3. The number of halogens is 1. The van der Waals surface area contributed by atoms with E-state index in [4.69, 9.17) is 11.6 Å². The van der Waals surface area contributed by atoms with Crippen molar-refractivity contribution in [3.05, 3.63) is 65.2 Å². The predicted octanol–water partition coefficient (Wildman–Crippen LogP) is 4.41. The number of hydrogen-bond acceptors (Lipinski definition) is 6. The summed E-state index contributed by atoms with van der Waals surface area (Å²) in [6.07, 6.45) is 3.83. The fourth-order valence-electron chi connectivity index (χ4n) is 2.79. The smallest absolute Gasteiger partial charge is 0.238 e. The van der Waals surface area contributed by atoms with Gasteiger partial charge in [0, 0.05) is 36.9 Å². The molecule has 0 saturated carbocycles. The number of carbonyl (C=O) groups excluding carboxylic acids is 2. The van der Waals surface area contributed by atoms with E-state index < -0.39 is 5.25 Å². The first-order valence-electron chi connectivity index (χ1n) is 9.91. The van der Waals surface area contributed by atoms with Gasteiger partial charge in [-0.3, -0.25) is 9.59 Å². The number of thioether (sulfide) groups is 1. The Morgan fingerprint density at radius 3 is 2.69 bits per heavy atom. The van der Waals surface area contributed by atoms with Gasteiger partial charge in [0.05, 0.1) is 5.71 Å². The van der Waals surface area contributed by atoms with Crippen LogP contribution in [0, 0.1) is 0 Å². The molecule has 0 bridgehead atoms. The van der Waals surface area contributed by atoms with E-state index in [1.54, 1.807) is 24.3 Å². The Kier molecular flexibility index (Phi) is 8.08. The van der Waals surface area contributed by atoms with Crippen LogP contribution in [0.5, 0.6) is 0 Å². The minimum absolute atomic E-state index is 0.0572. The molecule has 1 saturated heterocycles. The molecule has 0 spiro atoms. The lowest BCUT2D eigenvalue weighted by Gasteiger charge is -2.21. The molecule has 0 aromatic heterocycles. The first-order valence-corrected chi connectivity index (χ1v) is 11.2. The molecule has 0 unspecified atom stereocenters. The third-order valence-electron chi connectivity index (χ3n) is 4.48. The Morgan fingerprint density at radius 2 is 2.00 bits per heavy atom. The number of amidine groups is 1. The van der Waals surface area contributed by atoms with E-state index in [1.807, 2.05) is 62.3 Å². The predicted molar refractivity (Wildman–Crippen MR) is 135 cm³/mol. The van der Waals surface area contributed by atoms with Crippen molar-refractivity contribution in [3.8, 4) is 0 Å². The number of amides is 2. The summed E-state index contributed by atoms with van der Waals surface area (Å²) < 4.78 is 0. The highest BCUT2D eigenvalue weighted by molar-refractivity contribution is 8.15. The van der Waals surface area contributed by atoms with Crippen LogP contribution in [0.1, 0.15) is 18.9 Å². The van der Waals surface area contributed by atoms with E-state index in [0.29, 0.717) is 16.4 Å². The van der Waals surface area contributed by atoms with Crippen molar-refractivity contribution in [2.75, 3.05) is 24.3 Å². The van der Waals surface area contributed by atoms with Crippen molar-refractivity contribution in [2.45, 2.75) is 18.6 Å². The maximum absolute atomic E-state index is 12.6. The molecule has 0 aliphatic carbocycles. The normalized spacial score (nSPS) is 18.0. The monoisotopic (exact) mass is 469 g/mol. The van der Waals surface area contributed by atoms with Crippen molar-refractivity contribution < 1.29 is 9.59 Å². The summed E-state index contributed by atoms with van der Waals surface area (Å²) in [4.78, 5) is 26.7. The molecular weight excluding hydrogens is 446 g/mol. The van der Waals surface area contributed by atoms with Crippen LogP contribution in [0.4, 0.5) is 11.4 Å². The number of allylic oxidation sites excluding steroid dienone is 1. The van der Waals surface area contributed by atoms with Crippen molar-refractivity contribution in [1.29, 1.82) is 0 Å². The summed E-state index contributed by atoms with van der Waals surface area (Å²) in [5, 5.41) is 13.9. The number of rotatable bonds is 6. The second-order valence-electron chi connectivity index (χ2n) is 7.32. The second-order valence-corrected chi connectivity index (χ2v) is 8.95. The van der Waals surface area contributed by atoms with Gasteiger partial charge in [0.25, 0.3) is 0 Å². The third-order valence-corrected chi connectivity index (χ3v) is 5.79. The van der Waals surface area contributed by atoms with Crippen LogP contribution in [-0.2, 0) is 9.59 Å². The molecule has 9 heteroatoms. The average molecular weight is 470 g/mol. The van der Waals surface area contributed by atoms with Crippen LogP contribution in [0.25, 0.3) is 6.08 Å². The first kappa shape index (κ1) is 23.6. The van der Waals surface area contributed by atoms with Gasteiger partial charge in [-0.15, -0.1) is 5.10 Å². The number of hydrogen-bond donors (Lipinski definition) is 2. The maximum Gasteiger partial charge on any atom is 0.238 e. The molecule has 1 aliphatic rings. The lowest BCUT2D eigenvalue weighted by molar-refractivity contribution is -0.123. The lowest BCUT2D eigenvalue weighted by Crippen LogP contribution is -2.41. The molecule has 2 N–H and O–H groups in total. The average Bonchev–Trinajstić information content (AvgIpc) is 2.76. The molecule has 32 heavy (non-hydrogen) atoms. The van der Waals surface area contributed by atoms with E-state index >= 15 is 0 Å².